The zero-order valence-corrected chi connectivity index (χ0v) is 39.0. The normalized spacial score (nSPS) is 32.7. The van der Waals surface area contributed by atoms with Crippen LogP contribution in [0.25, 0.3) is 0 Å². The van der Waals surface area contributed by atoms with Crippen LogP contribution in [0.3, 0.4) is 0 Å². The average molecular weight is 974 g/mol. The lowest BCUT2D eigenvalue weighted by molar-refractivity contribution is -0.270. The van der Waals surface area contributed by atoms with Crippen LogP contribution in [0.15, 0.2) is 0 Å². The van der Waals surface area contributed by atoms with Gasteiger partial charge in [-0.2, -0.15) is 0 Å². The summed E-state index contributed by atoms with van der Waals surface area (Å²) < 4.78 is 52.2. The van der Waals surface area contributed by atoms with Crippen LogP contribution in [-0.2, 0) is 57.0 Å². The number of aliphatic hydroxyl groups is 9. The maximum Gasteiger partial charge on any atom is 0.217 e. The van der Waals surface area contributed by atoms with Gasteiger partial charge in [-0.25, -0.2) is 0 Å². The van der Waals surface area contributed by atoms with Gasteiger partial charge in [0.05, 0.1) is 39.6 Å². The van der Waals surface area contributed by atoms with Crippen molar-refractivity contribution in [3.63, 3.8) is 0 Å². The molecule has 3 saturated heterocycles. The highest BCUT2D eigenvalue weighted by Gasteiger charge is 2.47. The lowest BCUT2D eigenvalue weighted by Gasteiger charge is -2.42. The van der Waals surface area contributed by atoms with E-state index < -0.39 is 129 Å². The molecule has 3 rings (SSSR count). The molecule has 3 aliphatic heterocycles. The van der Waals surface area contributed by atoms with Crippen LogP contribution in [0.2, 0.25) is 0 Å². The highest BCUT2D eigenvalue weighted by molar-refractivity contribution is 5.74. The van der Waals surface area contributed by atoms with Crippen molar-refractivity contribution in [2.45, 2.75) is 170 Å². The summed E-state index contributed by atoms with van der Waals surface area (Å²) in [5.74, 6) is -1.40. The minimum Gasteiger partial charge on any atom is -0.394 e. The number of ether oxygens (including phenoxy) is 9. The van der Waals surface area contributed by atoms with Crippen LogP contribution in [0, 0.1) is 5.92 Å². The highest BCUT2D eigenvalue weighted by atomic mass is 16.7. The van der Waals surface area contributed by atoms with Crippen molar-refractivity contribution in [3.05, 3.63) is 0 Å². The maximum atomic E-state index is 11.7. The average Bonchev–Trinajstić information content (AvgIpc) is 3.29. The van der Waals surface area contributed by atoms with E-state index in [1.54, 1.807) is 0 Å². The molecule has 0 aromatic heterocycles. The minimum atomic E-state index is -1.40. The molecule has 0 bridgehead atoms. The van der Waals surface area contributed by atoms with Crippen LogP contribution >= 0.6 is 0 Å². The highest BCUT2D eigenvalue weighted by Crippen LogP contribution is 2.25. The molecule has 67 heavy (non-hydrogen) atoms. The van der Waals surface area contributed by atoms with E-state index in [0.29, 0.717) is 78.2 Å². The molecule has 0 aromatic carbocycles. The van der Waals surface area contributed by atoms with Gasteiger partial charge >= 0.3 is 0 Å². The Kier molecular flexibility index (Phi) is 28.7. The molecule has 6 unspecified atom stereocenters. The monoisotopic (exact) mass is 974 g/mol. The maximum absolute atomic E-state index is 11.7. The number of nitrogens with one attached hydrogen (secondary N) is 3. The van der Waals surface area contributed by atoms with E-state index in [-0.39, 0.29) is 25.7 Å². The van der Waals surface area contributed by atoms with E-state index in [1.807, 2.05) is 0 Å². The van der Waals surface area contributed by atoms with Gasteiger partial charge in [-0.05, 0) is 57.8 Å². The third-order valence-corrected chi connectivity index (χ3v) is 11.5. The molecule has 0 saturated carbocycles. The quantitative estimate of drug-likeness (QED) is 0.0279. The Labute approximate surface area is 391 Å². The zero-order valence-electron chi connectivity index (χ0n) is 39.0. The molecule has 15 atom stereocenters. The molecule has 0 radical (unpaired) electrons. The number of rotatable bonds is 33. The predicted octanol–water partition coefficient (Wildman–Crippen LogP) is -3.96. The molecule has 3 fully saturated rings. The summed E-state index contributed by atoms with van der Waals surface area (Å²) in [5, 5.41) is 98.3. The van der Waals surface area contributed by atoms with Crippen molar-refractivity contribution in [3.8, 4) is 0 Å². The van der Waals surface area contributed by atoms with Crippen LogP contribution < -0.4 is 16.0 Å². The number of carbonyl (C=O) groups is 3. The van der Waals surface area contributed by atoms with Gasteiger partial charge in [0.1, 0.15) is 73.1 Å². The fourth-order valence-electron chi connectivity index (χ4n) is 7.78. The summed E-state index contributed by atoms with van der Waals surface area (Å²) in [4.78, 5) is 35.0. The first-order chi connectivity index (χ1) is 32.1. The summed E-state index contributed by atoms with van der Waals surface area (Å²) in [5.41, 5.74) is 0. The van der Waals surface area contributed by atoms with Crippen LogP contribution in [0.1, 0.15) is 78.6 Å². The van der Waals surface area contributed by atoms with Gasteiger partial charge < -0.3 is 105 Å². The molecular weight excluding hydrogens is 894 g/mol. The Hall–Kier alpha value is -2.31. The van der Waals surface area contributed by atoms with E-state index in [1.165, 1.54) is 20.8 Å². The zero-order chi connectivity index (χ0) is 49.3. The lowest BCUT2D eigenvalue weighted by Crippen LogP contribution is -2.64. The first-order valence-corrected chi connectivity index (χ1v) is 23.4. The molecule has 0 aliphatic carbocycles. The second-order valence-corrected chi connectivity index (χ2v) is 17.2. The smallest absolute Gasteiger partial charge is 0.217 e. The Bertz CT molecular complexity index is 1220. The Morgan fingerprint density at radius 2 is 0.672 bits per heavy atom. The van der Waals surface area contributed by atoms with Gasteiger partial charge in [-0.3, -0.25) is 14.4 Å². The molecule has 12 N–H and O–H groups in total. The predicted molar refractivity (Wildman–Crippen MR) is 231 cm³/mol. The number of unbranched alkanes of at least 4 members (excludes halogenated alkanes) is 6. The van der Waals surface area contributed by atoms with Gasteiger partial charge in [0.2, 0.25) is 17.7 Å². The Morgan fingerprint density at radius 3 is 0.910 bits per heavy atom. The second kappa shape index (κ2) is 32.6. The summed E-state index contributed by atoms with van der Waals surface area (Å²) in [7, 11) is 0. The lowest BCUT2D eigenvalue weighted by atomic mass is 9.97. The van der Waals surface area contributed by atoms with Crippen molar-refractivity contribution >= 4 is 17.7 Å². The van der Waals surface area contributed by atoms with Crippen molar-refractivity contribution in [2.24, 2.45) is 5.92 Å². The minimum absolute atomic E-state index is 0.0868. The van der Waals surface area contributed by atoms with Gasteiger partial charge in [-0.1, -0.05) is 0 Å². The van der Waals surface area contributed by atoms with E-state index in [0.717, 1.165) is 19.3 Å². The molecular formula is C43H79N3O21. The van der Waals surface area contributed by atoms with E-state index >= 15 is 0 Å². The van der Waals surface area contributed by atoms with Crippen molar-refractivity contribution < 1.29 is 103 Å². The SMILES string of the molecule is CC(=O)NC1[C@H](OCCCCCOCC(COCCCCCO[C@@H]2OC(CO)[C@H](O)[C@H](O)C2NC(C)=O)COCCCCCO[C@@H]2OC(CO)[C@H](O)[C@H](O)C2NC(C)=O)OC(CO)[C@H](O)[C@@H]1O. The molecule has 392 valence electrons. The van der Waals surface area contributed by atoms with Gasteiger partial charge in [-0.15, -0.1) is 0 Å². The van der Waals surface area contributed by atoms with E-state index in [2.05, 4.69) is 16.0 Å². The van der Waals surface area contributed by atoms with E-state index in [4.69, 9.17) is 42.6 Å². The van der Waals surface area contributed by atoms with Gasteiger partial charge in [0.15, 0.2) is 18.9 Å². The van der Waals surface area contributed by atoms with Gasteiger partial charge in [0, 0.05) is 66.3 Å². The number of aliphatic hydroxyl groups excluding tert-OH is 9. The van der Waals surface area contributed by atoms with Crippen molar-refractivity contribution in [1.82, 2.24) is 16.0 Å². The molecule has 3 aliphatic rings. The first-order valence-electron chi connectivity index (χ1n) is 23.4. The Morgan fingerprint density at radius 1 is 0.418 bits per heavy atom. The molecule has 0 spiro atoms. The molecule has 3 amide bonds. The van der Waals surface area contributed by atoms with Crippen molar-refractivity contribution in [1.29, 1.82) is 0 Å². The van der Waals surface area contributed by atoms with E-state index in [9.17, 15) is 60.3 Å². The van der Waals surface area contributed by atoms with Crippen LogP contribution in [0.5, 0.6) is 0 Å². The summed E-state index contributed by atoms with van der Waals surface area (Å²) in [6.07, 6.45) is -8.58. The van der Waals surface area contributed by atoms with Gasteiger partial charge in [0.25, 0.3) is 0 Å². The molecule has 24 heteroatoms. The summed E-state index contributed by atoms with van der Waals surface area (Å²) >= 11 is 0. The summed E-state index contributed by atoms with van der Waals surface area (Å²) in [6, 6.07) is -3.03. The van der Waals surface area contributed by atoms with Crippen LogP contribution in [-0.4, -0.2) is 235 Å². The fraction of sp³-hybridized carbons (Fsp3) is 0.930. The fourth-order valence-corrected chi connectivity index (χ4v) is 7.78. The van der Waals surface area contributed by atoms with Crippen LogP contribution in [0.4, 0.5) is 0 Å². The standard InChI is InChI=1S/C43H79N3O21/c1-25(50)44-32-38(56)35(53)29(19-47)65-41(32)62-16-10-4-7-13-59-22-28(23-60-14-8-5-11-17-63-42-33(45-26(2)51)39(57)36(54)30(20-48)66-42)24-61-15-9-6-12-18-64-43-34(46-27(3)52)40(58)37(55)31(21-49)67-43/h28-43,47-49,53-58H,4-24H2,1-3H3,(H,44,50)(H,45,51)(H,46,52)/t28?,29?,30?,31?,32?,33?,34?,35-,36-,37-,38+,39+,40+,41+,42+,43+/m0/s1. The number of carbonyl (C=O) groups excluding carboxylic acids is 3. The number of amides is 3. The largest absolute Gasteiger partial charge is 0.394 e. The number of hydrogen-bond donors (Lipinski definition) is 12. The topological polar surface area (TPSA) is 352 Å². The molecule has 0 aromatic rings. The van der Waals surface area contributed by atoms with Crippen molar-refractivity contribution in [2.75, 3.05) is 79.3 Å². The molecule has 3 heterocycles. The molecule has 24 nitrogen and oxygen atoms in total. The third kappa shape index (κ3) is 20.5. The number of hydrogen-bond acceptors (Lipinski definition) is 21. The first kappa shape index (κ1) is 59.0. The summed E-state index contributed by atoms with van der Waals surface area (Å²) in [6.45, 7) is 5.37. The third-order valence-electron chi connectivity index (χ3n) is 11.5. The second-order valence-electron chi connectivity index (χ2n) is 17.2. The Balaban J connectivity index is 1.39.